The number of anilines is 1. The van der Waals surface area contributed by atoms with Crippen LogP contribution in [0.15, 0.2) is 24.3 Å². The van der Waals surface area contributed by atoms with Gasteiger partial charge in [0.15, 0.2) is 11.6 Å². The Hall–Kier alpha value is -2.36. The smallest absolute Gasteiger partial charge is 0.198 e. The third-order valence-electron chi connectivity index (χ3n) is 4.09. The summed E-state index contributed by atoms with van der Waals surface area (Å²) in [5, 5.41) is 3.22. The Morgan fingerprint density at radius 1 is 1.17 bits per heavy atom. The zero-order valence-electron chi connectivity index (χ0n) is 14.4. The minimum Gasteiger partial charge on any atom is -0.377 e. The number of hydrogen-bond acceptors (Lipinski definition) is 3. The second-order valence-electron chi connectivity index (χ2n) is 6.20. The van der Waals surface area contributed by atoms with Gasteiger partial charge in [-0.2, -0.15) is 0 Å². The first-order valence-corrected chi connectivity index (χ1v) is 7.89. The quantitative estimate of drug-likeness (QED) is 0.784. The predicted octanol–water partition coefficient (Wildman–Crippen LogP) is 4.25. The average Bonchev–Trinajstić information content (AvgIpc) is 2.80. The molecule has 23 heavy (non-hydrogen) atoms. The lowest BCUT2D eigenvalue weighted by Crippen LogP contribution is -2.16. The number of hydrogen-bond donors (Lipinski definition) is 2. The Morgan fingerprint density at radius 2 is 1.83 bits per heavy atom. The van der Waals surface area contributed by atoms with Gasteiger partial charge in [0, 0.05) is 16.9 Å². The van der Waals surface area contributed by atoms with Gasteiger partial charge in [-0.15, -0.1) is 0 Å². The summed E-state index contributed by atoms with van der Waals surface area (Å²) in [4.78, 5) is 27.2. The number of aryl methyl sites for hydroxylation is 1. The van der Waals surface area contributed by atoms with Crippen molar-refractivity contribution in [3.05, 3.63) is 52.3 Å². The average molecular weight is 312 g/mol. The van der Waals surface area contributed by atoms with Crippen LogP contribution in [0.4, 0.5) is 5.69 Å². The molecule has 122 valence electrons. The van der Waals surface area contributed by atoms with E-state index in [0.717, 1.165) is 16.9 Å². The summed E-state index contributed by atoms with van der Waals surface area (Å²) < 4.78 is 0. The highest BCUT2D eigenvalue weighted by Gasteiger charge is 2.19. The van der Waals surface area contributed by atoms with E-state index in [1.165, 1.54) is 12.5 Å². The van der Waals surface area contributed by atoms with Crippen LogP contribution in [0.25, 0.3) is 0 Å². The number of H-pyrrole nitrogens is 1. The predicted molar refractivity (Wildman–Crippen MR) is 93.6 cm³/mol. The highest BCUT2D eigenvalue weighted by Crippen LogP contribution is 2.24. The van der Waals surface area contributed by atoms with E-state index < -0.39 is 0 Å². The van der Waals surface area contributed by atoms with E-state index in [0.29, 0.717) is 17.2 Å². The van der Waals surface area contributed by atoms with Gasteiger partial charge in [0.2, 0.25) is 0 Å². The number of carbonyl (C=O) groups excluding carboxylic acids is 2. The van der Waals surface area contributed by atoms with Crippen molar-refractivity contribution < 1.29 is 9.59 Å². The van der Waals surface area contributed by atoms with Crippen molar-refractivity contribution in [1.29, 1.82) is 0 Å². The molecular formula is C19H24N2O2. The fraction of sp³-hybridized carbons (Fsp3) is 0.368. The Labute approximate surface area is 137 Å². The summed E-state index contributed by atoms with van der Waals surface area (Å²) in [5.74, 6) is 0.317. The van der Waals surface area contributed by atoms with Crippen LogP contribution in [0.5, 0.6) is 0 Å². The Bertz CT molecular complexity index is 742. The van der Waals surface area contributed by atoms with E-state index >= 15 is 0 Å². The van der Waals surface area contributed by atoms with Crippen molar-refractivity contribution in [3.8, 4) is 0 Å². The fourth-order valence-electron chi connectivity index (χ4n) is 2.98. The van der Waals surface area contributed by atoms with Crippen LogP contribution in [-0.2, 0) is 0 Å². The number of aromatic nitrogens is 1. The molecule has 0 aliphatic heterocycles. The molecule has 1 aromatic heterocycles. The number of aromatic amines is 1. The Balaban J connectivity index is 2.18. The molecule has 0 fully saturated rings. The number of ketones is 2. The number of Topliss-reactive ketones (excluding diaryl/α,β-unsaturated/α-hetero) is 2. The lowest BCUT2D eigenvalue weighted by atomic mass is 10.0. The zero-order valence-corrected chi connectivity index (χ0v) is 14.4. The third kappa shape index (κ3) is 3.52. The molecule has 4 nitrogen and oxygen atoms in total. The maximum Gasteiger partial charge on any atom is 0.198 e. The molecule has 0 aliphatic carbocycles. The molecule has 0 bridgehead atoms. The van der Waals surface area contributed by atoms with Gasteiger partial charge >= 0.3 is 0 Å². The number of rotatable bonds is 6. The SMILES string of the molecule is CC(=O)c1c(C)[nH]c(C(=O)CNc2ccccc2C(C)C)c1C. The van der Waals surface area contributed by atoms with E-state index in [1.807, 2.05) is 32.0 Å². The van der Waals surface area contributed by atoms with Gasteiger partial charge in [-0.05, 0) is 43.9 Å². The van der Waals surface area contributed by atoms with Gasteiger partial charge in [-0.3, -0.25) is 9.59 Å². The van der Waals surface area contributed by atoms with E-state index in [-0.39, 0.29) is 18.1 Å². The minimum absolute atomic E-state index is 0.0200. The van der Waals surface area contributed by atoms with Crippen LogP contribution >= 0.6 is 0 Å². The van der Waals surface area contributed by atoms with Crippen LogP contribution in [0, 0.1) is 13.8 Å². The van der Waals surface area contributed by atoms with Crippen molar-refractivity contribution in [2.75, 3.05) is 11.9 Å². The summed E-state index contributed by atoms with van der Waals surface area (Å²) in [5.41, 5.74) is 4.78. The first-order valence-electron chi connectivity index (χ1n) is 7.89. The first-order chi connectivity index (χ1) is 10.8. The van der Waals surface area contributed by atoms with Crippen LogP contribution in [0.2, 0.25) is 0 Å². The third-order valence-corrected chi connectivity index (χ3v) is 4.09. The molecule has 1 heterocycles. The molecule has 2 aromatic rings. The molecule has 0 amide bonds. The van der Waals surface area contributed by atoms with Gasteiger partial charge in [0.05, 0.1) is 12.2 Å². The fourth-order valence-corrected chi connectivity index (χ4v) is 2.98. The van der Waals surface area contributed by atoms with Crippen molar-refractivity contribution >= 4 is 17.3 Å². The molecule has 2 rings (SSSR count). The van der Waals surface area contributed by atoms with Crippen LogP contribution in [0.1, 0.15) is 64.4 Å². The topological polar surface area (TPSA) is 62.0 Å². The maximum absolute atomic E-state index is 12.5. The summed E-state index contributed by atoms with van der Waals surface area (Å²) in [6, 6.07) is 8.00. The molecule has 0 unspecified atom stereocenters. The lowest BCUT2D eigenvalue weighted by molar-refractivity contribution is 0.1000. The number of carbonyl (C=O) groups is 2. The zero-order chi connectivity index (χ0) is 17.1. The van der Waals surface area contributed by atoms with Crippen molar-refractivity contribution in [2.24, 2.45) is 0 Å². The molecule has 0 spiro atoms. The summed E-state index contributed by atoms with van der Waals surface area (Å²) in [6.07, 6.45) is 0. The largest absolute Gasteiger partial charge is 0.377 e. The number of benzene rings is 1. The monoisotopic (exact) mass is 312 g/mol. The second kappa shape index (κ2) is 6.82. The summed E-state index contributed by atoms with van der Waals surface area (Å²) >= 11 is 0. The van der Waals surface area contributed by atoms with Crippen LogP contribution in [0.3, 0.4) is 0 Å². The van der Waals surface area contributed by atoms with E-state index in [4.69, 9.17) is 0 Å². The highest BCUT2D eigenvalue weighted by molar-refractivity contribution is 6.04. The molecule has 2 N–H and O–H groups in total. The summed E-state index contributed by atoms with van der Waals surface area (Å²) in [7, 11) is 0. The number of para-hydroxylation sites is 1. The van der Waals surface area contributed by atoms with Crippen molar-refractivity contribution in [3.63, 3.8) is 0 Å². The van der Waals surface area contributed by atoms with Gasteiger partial charge in [0.25, 0.3) is 0 Å². The van der Waals surface area contributed by atoms with Crippen LogP contribution in [-0.4, -0.2) is 23.1 Å². The Kier molecular flexibility index (Phi) is 5.04. The molecule has 0 aliphatic rings. The normalized spacial score (nSPS) is 10.9. The molecule has 1 aromatic carbocycles. The maximum atomic E-state index is 12.5. The Morgan fingerprint density at radius 3 is 2.39 bits per heavy atom. The molecule has 0 saturated carbocycles. The minimum atomic E-state index is -0.0448. The van der Waals surface area contributed by atoms with Crippen molar-refractivity contribution in [1.82, 2.24) is 4.98 Å². The van der Waals surface area contributed by atoms with Crippen LogP contribution < -0.4 is 5.32 Å². The molecule has 0 radical (unpaired) electrons. The van der Waals surface area contributed by atoms with E-state index in [1.54, 1.807) is 0 Å². The lowest BCUT2D eigenvalue weighted by Gasteiger charge is -2.14. The van der Waals surface area contributed by atoms with Gasteiger partial charge in [-0.1, -0.05) is 32.0 Å². The van der Waals surface area contributed by atoms with Crippen molar-refractivity contribution in [2.45, 2.75) is 40.5 Å². The van der Waals surface area contributed by atoms with Gasteiger partial charge in [0.1, 0.15) is 0 Å². The summed E-state index contributed by atoms with van der Waals surface area (Å²) in [6.45, 7) is 9.61. The van der Waals surface area contributed by atoms with E-state index in [2.05, 4.69) is 30.2 Å². The van der Waals surface area contributed by atoms with Gasteiger partial charge < -0.3 is 10.3 Å². The molecule has 0 atom stereocenters. The highest BCUT2D eigenvalue weighted by atomic mass is 16.1. The first kappa shape index (κ1) is 17.0. The molecular weight excluding hydrogens is 288 g/mol. The number of nitrogens with one attached hydrogen (secondary N) is 2. The van der Waals surface area contributed by atoms with Gasteiger partial charge in [-0.25, -0.2) is 0 Å². The standard InChI is InChI=1S/C19H24N2O2/c1-11(2)15-8-6-7-9-16(15)20-10-17(23)19-12(3)18(14(5)22)13(4)21-19/h6-9,11,20-21H,10H2,1-5H3. The molecule has 0 saturated heterocycles. The van der Waals surface area contributed by atoms with E-state index in [9.17, 15) is 9.59 Å². The second-order valence-corrected chi connectivity index (χ2v) is 6.20. The molecule has 4 heteroatoms.